The summed E-state index contributed by atoms with van der Waals surface area (Å²) >= 11 is 0. The third-order valence-electron chi connectivity index (χ3n) is 6.79. The van der Waals surface area contributed by atoms with Gasteiger partial charge in [0.1, 0.15) is 0 Å². The van der Waals surface area contributed by atoms with Gasteiger partial charge in [0, 0.05) is 47.0 Å². The Morgan fingerprint density at radius 3 is 1.68 bits per heavy atom. The molecule has 2 aromatic carbocycles. The van der Waals surface area contributed by atoms with Crippen molar-refractivity contribution in [1.82, 2.24) is 0 Å². The summed E-state index contributed by atoms with van der Waals surface area (Å²) in [4.78, 5) is 18.6. The van der Waals surface area contributed by atoms with Gasteiger partial charge in [-0.25, -0.2) is 0 Å². The fourth-order valence-electron chi connectivity index (χ4n) is 5.04. The smallest absolute Gasteiger partial charge is 0.324 e. The van der Waals surface area contributed by atoms with Gasteiger partial charge < -0.3 is 18.8 Å². The Labute approximate surface area is 241 Å². The van der Waals surface area contributed by atoms with Crippen LogP contribution < -0.4 is 9.13 Å². The van der Waals surface area contributed by atoms with Crippen molar-refractivity contribution < 1.29 is 37.1 Å². The van der Waals surface area contributed by atoms with Crippen molar-refractivity contribution >= 4 is 15.2 Å². The van der Waals surface area contributed by atoms with Crippen LogP contribution in [0.15, 0.2) is 79.4 Å². The van der Waals surface area contributed by atoms with E-state index in [0.717, 1.165) is 44.8 Å². The van der Waals surface area contributed by atoms with E-state index in [1.165, 1.54) is 0 Å². The van der Waals surface area contributed by atoms with E-state index in [2.05, 4.69) is 35.9 Å². The molecular formula is C31H38N2O6P2+2. The van der Waals surface area contributed by atoms with E-state index in [-0.39, 0.29) is 12.3 Å². The predicted octanol–water partition coefficient (Wildman–Crippen LogP) is 6.28. The van der Waals surface area contributed by atoms with Crippen molar-refractivity contribution in [2.24, 2.45) is 0 Å². The number of benzene rings is 2. The number of rotatable bonds is 11. The minimum atomic E-state index is -4.11. The molecule has 0 aliphatic rings. The molecule has 0 saturated carbocycles. The molecule has 4 rings (SSSR count). The maximum Gasteiger partial charge on any atom is 0.335 e. The molecule has 0 spiro atoms. The Kier molecular flexibility index (Phi) is 9.76. The number of aryl methyl sites for hydroxylation is 3. The second-order valence-electron chi connectivity index (χ2n) is 10.1. The van der Waals surface area contributed by atoms with Crippen LogP contribution in [-0.2, 0) is 30.5 Å². The van der Waals surface area contributed by atoms with E-state index in [4.69, 9.17) is 9.05 Å². The average Bonchev–Trinajstić information content (AvgIpc) is 2.88. The first kappa shape index (κ1) is 31.0. The molecule has 8 nitrogen and oxygen atoms in total. The van der Waals surface area contributed by atoms with Crippen molar-refractivity contribution in [2.45, 2.75) is 46.9 Å². The lowest BCUT2D eigenvalue weighted by Crippen LogP contribution is -2.31. The summed E-state index contributed by atoms with van der Waals surface area (Å²) in [6.07, 6.45) is 8.11. The first-order valence-electron chi connectivity index (χ1n) is 13.6. The molecule has 2 N–H and O–H groups in total. The summed E-state index contributed by atoms with van der Waals surface area (Å²) in [7, 11) is -7.28. The summed E-state index contributed by atoms with van der Waals surface area (Å²) in [6, 6.07) is 17.7. The van der Waals surface area contributed by atoms with Crippen LogP contribution in [0.3, 0.4) is 0 Å². The highest BCUT2D eigenvalue weighted by molar-refractivity contribution is 7.53. The van der Waals surface area contributed by atoms with Crippen LogP contribution >= 0.6 is 15.2 Å². The van der Waals surface area contributed by atoms with E-state index in [0.29, 0.717) is 18.8 Å². The molecule has 216 valence electrons. The molecular weight excluding hydrogens is 558 g/mol. The van der Waals surface area contributed by atoms with Crippen molar-refractivity contribution in [3.05, 3.63) is 107 Å². The zero-order chi connectivity index (χ0) is 29.8. The zero-order valence-electron chi connectivity index (χ0n) is 24.2. The van der Waals surface area contributed by atoms with Gasteiger partial charge in [-0.2, -0.15) is 9.13 Å². The molecule has 0 radical (unpaired) electrons. The molecule has 0 fully saturated rings. The summed E-state index contributed by atoms with van der Waals surface area (Å²) < 4.78 is 39.3. The lowest BCUT2D eigenvalue weighted by molar-refractivity contribution is -0.596. The van der Waals surface area contributed by atoms with Crippen molar-refractivity contribution in [3.63, 3.8) is 0 Å². The number of nitrogens with zero attached hydrogens (tertiary/aromatic N) is 2. The molecule has 0 aliphatic heterocycles. The topological polar surface area (TPSA) is 101 Å². The number of hydrogen-bond donors (Lipinski definition) is 2. The van der Waals surface area contributed by atoms with Crippen LogP contribution in [-0.4, -0.2) is 23.0 Å². The third kappa shape index (κ3) is 7.87. The SMILES string of the molecule is CCOP(=O)(Cc1ccc(-[n+]2ccc(-c3cc[n+](-c4ccc(CP(=O)(O)O)cc4C)cc3C)cc2)c(C)c1)OCC. The Morgan fingerprint density at radius 1 is 0.683 bits per heavy atom. The lowest BCUT2D eigenvalue weighted by atomic mass is 10.0. The van der Waals surface area contributed by atoms with Gasteiger partial charge in [0.25, 0.3) is 0 Å². The van der Waals surface area contributed by atoms with Crippen LogP contribution in [0.5, 0.6) is 0 Å². The molecule has 4 aromatic rings. The van der Waals surface area contributed by atoms with Crippen molar-refractivity contribution in [2.75, 3.05) is 13.2 Å². The van der Waals surface area contributed by atoms with E-state index in [1.54, 1.807) is 6.07 Å². The largest absolute Gasteiger partial charge is 0.335 e. The van der Waals surface area contributed by atoms with Crippen LogP contribution in [0.2, 0.25) is 0 Å². The maximum absolute atomic E-state index is 12.9. The molecule has 0 unspecified atom stereocenters. The number of aromatic nitrogens is 2. The van der Waals surface area contributed by atoms with Crippen molar-refractivity contribution in [1.29, 1.82) is 0 Å². The zero-order valence-corrected chi connectivity index (χ0v) is 25.9. The van der Waals surface area contributed by atoms with Gasteiger partial charge in [-0.05, 0) is 69.0 Å². The second kappa shape index (κ2) is 12.9. The quantitative estimate of drug-likeness (QED) is 0.156. The molecule has 2 heterocycles. The van der Waals surface area contributed by atoms with Gasteiger partial charge in [0.15, 0.2) is 24.8 Å². The number of pyridine rings is 2. The summed E-state index contributed by atoms with van der Waals surface area (Å²) in [5, 5.41) is 0. The van der Waals surface area contributed by atoms with Crippen LogP contribution in [0.25, 0.3) is 22.5 Å². The van der Waals surface area contributed by atoms with E-state index in [1.807, 2.05) is 81.2 Å². The summed E-state index contributed by atoms with van der Waals surface area (Å²) in [5.74, 6) is 0. The Bertz CT molecular complexity index is 1620. The molecule has 10 heteroatoms. The third-order valence-corrected chi connectivity index (χ3v) is 9.63. The minimum Gasteiger partial charge on any atom is -0.324 e. The fraction of sp³-hybridized carbons (Fsp3) is 0.290. The molecule has 0 amide bonds. The maximum atomic E-state index is 12.9. The molecule has 0 saturated heterocycles. The number of hydrogen-bond acceptors (Lipinski definition) is 4. The molecule has 41 heavy (non-hydrogen) atoms. The first-order chi connectivity index (χ1) is 19.4. The molecule has 2 aromatic heterocycles. The van der Waals surface area contributed by atoms with Gasteiger partial charge >= 0.3 is 15.2 Å². The average molecular weight is 597 g/mol. The van der Waals surface area contributed by atoms with E-state index < -0.39 is 15.2 Å². The van der Waals surface area contributed by atoms with Gasteiger partial charge in [-0.15, -0.1) is 0 Å². The van der Waals surface area contributed by atoms with Crippen LogP contribution in [0.4, 0.5) is 0 Å². The van der Waals surface area contributed by atoms with Gasteiger partial charge in [0.2, 0.25) is 11.4 Å². The highest BCUT2D eigenvalue weighted by Crippen LogP contribution is 2.51. The first-order valence-corrected chi connectivity index (χ1v) is 17.1. The van der Waals surface area contributed by atoms with Gasteiger partial charge in [-0.3, -0.25) is 9.13 Å². The Balaban J connectivity index is 1.53. The normalized spacial score (nSPS) is 12.1. The van der Waals surface area contributed by atoms with E-state index in [9.17, 15) is 18.9 Å². The molecule has 0 atom stereocenters. The van der Waals surface area contributed by atoms with E-state index >= 15 is 0 Å². The Hall–Kier alpha value is -2.96. The summed E-state index contributed by atoms with van der Waals surface area (Å²) in [5.41, 5.74) is 8.80. The Morgan fingerprint density at radius 2 is 1.20 bits per heavy atom. The second-order valence-corrected chi connectivity index (χ2v) is 13.8. The van der Waals surface area contributed by atoms with Crippen LogP contribution in [0.1, 0.15) is 41.7 Å². The van der Waals surface area contributed by atoms with Crippen LogP contribution in [0, 0.1) is 20.8 Å². The molecule has 0 aliphatic carbocycles. The lowest BCUT2D eigenvalue weighted by Gasteiger charge is -2.17. The van der Waals surface area contributed by atoms with Gasteiger partial charge in [0.05, 0.1) is 25.5 Å². The standard InChI is InChI=1S/C31H36N2O6P2/c1-6-38-41(37,39-7-2)22-27-9-10-30(23(3)19-27)32-15-12-28(13-16-32)29-14-17-33(20-25(29)5)31-11-8-26(18-24(31)4)21-40(34,35)36/h8-20H,6-7,21-22H2,1-5H3/p+2. The minimum absolute atomic E-state index is 0.240. The van der Waals surface area contributed by atoms with Crippen molar-refractivity contribution in [3.8, 4) is 22.5 Å². The monoisotopic (exact) mass is 596 g/mol. The fourth-order valence-corrected chi connectivity index (χ4v) is 7.40. The highest BCUT2D eigenvalue weighted by atomic mass is 31.2. The highest BCUT2D eigenvalue weighted by Gasteiger charge is 2.25. The van der Waals surface area contributed by atoms with Gasteiger partial charge in [-0.1, -0.05) is 12.1 Å². The summed E-state index contributed by atoms with van der Waals surface area (Å²) in [6.45, 7) is 10.3. The predicted molar refractivity (Wildman–Crippen MR) is 159 cm³/mol. The molecule has 0 bridgehead atoms.